The van der Waals surface area contributed by atoms with Gasteiger partial charge in [0.1, 0.15) is 5.75 Å². The molecule has 2 aliphatic rings. The molecule has 2 fully saturated rings. The minimum absolute atomic E-state index is 0.0272. The lowest BCUT2D eigenvalue weighted by atomic mass is 9.84. The molecule has 0 radical (unpaired) electrons. The Morgan fingerprint density at radius 3 is 2.42 bits per heavy atom. The van der Waals surface area contributed by atoms with Gasteiger partial charge in [-0.25, -0.2) is 0 Å². The normalized spacial score (nSPS) is 18.1. The molecule has 1 saturated carbocycles. The predicted octanol–water partition coefficient (Wildman–Crippen LogP) is 5.16. The van der Waals surface area contributed by atoms with E-state index in [2.05, 4.69) is 34.3 Å². The van der Waals surface area contributed by atoms with Crippen molar-refractivity contribution in [3.63, 3.8) is 0 Å². The summed E-state index contributed by atoms with van der Waals surface area (Å²) in [7, 11) is 2.13. The number of benzene rings is 2. The number of carbonyl (C=O) groups is 1. The van der Waals surface area contributed by atoms with E-state index in [-0.39, 0.29) is 12.5 Å². The zero-order valence-corrected chi connectivity index (χ0v) is 19.0. The Kier molecular flexibility index (Phi) is 7.36. The lowest BCUT2D eigenvalue weighted by molar-refractivity contribution is -0.118. The summed E-state index contributed by atoms with van der Waals surface area (Å²) in [5, 5.41) is 3.53. The van der Waals surface area contributed by atoms with Crippen LogP contribution in [-0.4, -0.2) is 50.6 Å². The lowest BCUT2D eigenvalue weighted by Gasteiger charge is -2.34. The van der Waals surface area contributed by atoms with Crippen LogP contribution in [0.15, 0.2) is 42.5 Å². The third-order valence-corrected chi connectivity index (χ3v) is 6.70. The number of likely N-dealkylation sites (N-methyl/N-ethyl adjacent to an activating group) is 1. The van der Waals surface area contributed by atoms with Gasteiger partial charge in [-0.15, -0.1) is 0 Å². The van der Waals surface area contributed by atoms with Crippen LogP contribution in [0.5, 0.6) is 5.75 Å². The van der Waals surface area contributed by atoms with Crippen molar-refractivity contribution in [2.45, 2.75) is 38.0 Å². The quantitative estimate of drug-likeness (QED) is 0.672. The van der Waals surface area contributed by atoms with Crippen molar-refractivity contribution in [1.29, 1.82) is 0 Å². The van der Waals surface area contributed by atoms with Gasteiger partial charge >= 0.3 is 0 Å². The smallest absolute Gasteiger partial charge is 0.262 e. The molecule has 2 aromatic carbocycles. The summed E-state index contributed by atoms with van der Waals surface area (Å²) in [5.74, 6) is 1.20. The molecule has 0 unspecified atom stereocenters. The molecule has 1 heterocycles. The van der Waals surface area contributed by atoms with Gasteiger partial charge < -0.3 is 19.9 Å². The van der Waals surface area contributed by atoms with Crippen molar-refractivity contribution >= 4 is 28.9 Å². The first-order chi connectivity index (χ1) is 15.1. The first kappa shape index (κ1) is 22.0. The van der Waals surface area contributed by atoms with E-state index in [1.807, 2.05) is 30.3 Å². The third-order valence-electron chi connectivity index (χ3n) is 6.40. The summed E-state index contributed by atoms with van der Waals surface area (Å²) in [6.07, 6.45) is 6.56. The van der Waals surface area contributed by atoms with E-state index in [0.29, 0.717) is 16.6 Å². The van der Waals surface area contributed by atoms with Crippen molar-refractivity contribution in [1.82, 2.24) is 4.90 Å². The number of carbonyl (C=O) groups excluding carboxylic acids is 1. The predicted molar refractivity (Wildman–Crippen MR) is 128 cm³/mol. The number of ether oxygens (including phenoxy) is 1. The van der Waals surface area contributed by atoms with Gasteiger partial charge in [0.2, 0.25) is 0 Å². The highest BCUT2D eigenvalue weighted by atomic mass is 35.5. The van der Waals surface area contributed by atoms with Crippen LogP contribution in [0, 0.1) is 0 Å². The van der Waals surface area contributed by atoms with E-state index in [1.165, 1.54) is 37.7 Å². The van der Waals surface area contributed by atoms with Gasteiger partial charge in [-0.3, -0.25) is 4.79 Å². The SMILES string of the molecule is CN1CCN(c2ccc(NC(=O)COc3ccc(C4CCCCC4)cc3)cc2Cl)CC1. The zero-order valence-electron chi connectivity index (χ0n) is 18.3. The van der Waals surface area contributed by atoms with Crippen LogP contribution in [0.2, 0.25) is 5.02 Å². The van der Waals surface area contributed by atoms with Crippen molar-refractivity contribution in [2.24, 2.45) is 0 Å². The maximum Gasteiger partial charge on any atom is 0.262 e. The van der Waals surface area contributed by atoms with Gasteiger partial charge in [-0.2, -0.15) is 0 Å². The minimum Gasteiger partial charge on any atom is -0.484 e. The third kappa shape index (κ3) is 5.92. The van der Waals surface area contributed by atoms with Crippen molar-refractivity contribution in [3.8, 4) is 5.75 Å². The number of nitrogens with one attached hydrogen (secondary N) is 1. The Labute approximate surface area is 190 Å². The minimum atomic E-state index is -0.195. The fourth-order valence-corrected chi connectivity index (χ4v) is 4.81. The van der Waals surface area contributed by atoms with Gasteiger partial charge in [0.15, 0.2) is 6.61 Å². The Morgan fingerprint density at radius 2 is 1.74 bits per heavy atom. The summed E-state index contributed by atoms with van der Waals surface area (Å²) in [6, 6.07) is 13.9. The molecule has 166 valence electrons. The maximum atomic E-state index is 12.3. The Balaban J connectivity index is 1.27. The molecule has 5 nitrogen and oxygen atoms in total. The summed E-state index contributed by atoms with van der Waals surface area (Å²) in [6.45, 7) is 3.92. The summed E-state index contributed by atoms with van der Waals surface area (Å²) >= 11 is 6.50. The topological polar surface area (TPSA) is 44.8 Å². The van der Waals surface area contributed by atoms with E-state index < -0.39 is 0 Å². The molecule has 2 aromatic rings. The number of piperazine rings is 1. The second kappa shape index (κ2) is 10.4. The lowest BCUT2D eigenvalue weighted by Crippen LogP contribution is -2.44. The molecule has 1 amide bonds. The number of hydrogen-bond donors (Lipinski definition) is 1. The number of rotatable bonds is 6. The molecule has 0 aromatic heterocycles. The number of anilines is 2. The van der Waals surface area contributed by atoms with E-state index in [4.69, 9.17) is 16.3 Å². The van der Waals surface area contributed by atoms with Crippen LogP contribution < -0.4 is 15.0 Å². The standard InChI is InChI=1S/C25H32ClN3O2/c1-28-13-15-29(16-14-28)24-12-9-21(17-23(24)26)27-25(30)18-31-22-10-7-20(8-11-22)19-5-3-2-4-6-19/h7-12,17,19H,2-6,13-16,18H2,1H3,(H,27,30). The molecule has 0 spiro atoms. The molecular formula is C25H32ClN3O2. The largest absolute Gasteiger partial charge is 0.484 e. The van der Waals surface area contributed by atoms with Gasteiger partial charge in [0.25, 0.3) is 5.91 Å². The van der Waals surface area contributed by atoms with Crippen molar-refractivity contribution in [2.75, 3.05) is 50.1 Å². The highest BCUT2D eigenvalue weighted by Gasteiger charge is 2.17. The molecule has 1 saturated heterocycles. The van der Waals surface area contributed by atoms with Crippen LogP contribution in [0.4, 0.5) is 11.4 Å². The van der Waals surface area contributed by atoms with Crippen LogP contribution in [-0.2, 0) is 4.79 Å². The molecule has 1 N–H and O–H groups in total. The number of halogens is 1. The number of nitrogens with zero attached hydrogens (tertiary/aromatic N) is 2. The molecule has 0 atom stereocenters. The zero-order chi connectivity index (χ0) is 21.6. The second-order valence-corrected chi connectivity index (χ2v) is 9.10. The molecule has 1 aliphatic heterocycles. The van der Waals surface area contributed by atoms with Gasteiger partial charge in [0, 0.05) is 31.9 Å². The summed E-state index contributed by atoms with van der Waals surface area (Å²) in [5.41, 5.74) is 3.08. The average molecular weight is 442 g/mol. The summed E-state index contributed by atoms with van der Waals surface area (Å²) in [4.78, 5) is 16.9. The highest BCUT2D eigenvalue weighted by Crippen LogP contribution is 2.33. The van der Waals surface area contributed by atoms with Crippen LogP contribution in [0.1, 0.15) is 43.6 Å². The molecule has 0 bridgehead atoms. The van der Waals surface area contributed by atoms with E-state index in [1.54, 1.807) is 0 Å². The molecular weight excluding hydrogens is 410 g/mol. The fraction of sp³-hybridized carbons (Fsp3) is 0.480. The monoisotopic (exact) mass is 441 g/mol. The van der Waals surface area contributed by atoms with Crippen LogP contribution in [0.25, 0.3) is 0 Å². The molecule has 4 rings (SSSR count). The van der Waals surface area contributed by atoms with E-state index in [0.717, 1.165) is 37.6 Å². The van der Waals surface area contributed by atoms with E-state index >= 15 is 0 Å². The Hall–Kier alpha value is -2.24. The van der Waals surface area contributed by atoms with Gasteiger partial charge in [-0.1, -0.05) is 43.0 Å². The number of amides is 1. The van der Waals surface area contributed by atoms with Crippen molar-refractivity contribution in [3.05, 3.63) is 53.1 Å². The second-order valence-electron chi connectivity index (χ2n) is 8.70. The Morgan fingerprint density at radius 1 is 1.03 bits per heavy atom. The highest BCUT2D eigenvalue weighted by molar-refractivity contribution is 6.33. The first-order valence-corrected chi connectivity index (χ1v) is 11.7. The van der Waals surface area contributed by atoms with Gasteiger partial charge in [0.05, 0.1) is 10.7 Å². The van der Waals surface area contributed by atoms with E-state index in [9.17, 15) is 4.79 Å². The molecule has 6 heteroatoms. The molecule has 31 heavy (non-hydrogen) atoms. The molecule has 1 aliphatic carbocycles. The van der Waals surface area contributed by atoms with Crippen molar-refractivity contribution < 1.29 is 9.53 Å². The average Bonchev–Trinajstić information content (AvgIpc) is 2.80. The maximum absolute atomic E-state index is 12.3. The van der Waals surface area contributed by atoms with Crippen LogP contribution >= 0.6 is 11.6 Å². The fourth-order valence-electron chi connectivity index (χ4n) is 4.51. The van der Waals surface area contributed by atoms with Crippen LogP contribution in [0.3, 0.4) is 0 Å². The first-order valence-electron chi connectivity index (χ1n) is 11.3. The summed E-state index contributed by atoms with van der Waals surface area (Å²) < 4.78 is 5.68. The van der Waals surface area contributed by atoms with Gasteiger partial charge in [-0.05, 0) is 61.7 Å². The Bertz CT molecular complexity index is 873. The number of hydrogen-bond acceptors (Lipinski definition) is 4.